The molecular formula is C20H23N3O4S. The van der Waals surface area contributed by atoms with E-state index in [9.17, 15) is 9.59 Å². The molecule has 0 spiro atoms. The van der Waals surface area contributed by atoms with Crippen LogP contribution in [0.15, 0.2) is 47.1 Å². The summed E-state index contributed by atoms with van der Waals surface area (Å²) >= 11 is 5.15. The fourth-order valence-electron chi connectivity index (χ4n) is 2.28. The summed E-state index contributed by atoms with van der Waals surface area (Å²) < 4.78 is 10.4. The molecule has 148 valence electrons. The van der Waals surface area contributed by atoms with Gasteiger partial charge in [-0.3, -0.25) is 14.9 Å². The van der Waals surface area contributed by atoms with Gasteiger partial charge in [-0.05, 0) is 49.0 Å². The highest BCUT2D eigenvalue weighted by Gasteiger charge is 2.09. The van der Waals surface area contributed by atoms with Gasteiger partial charge in [0.2, 0.25) is 11.8 Å². The van der Waals surface area contributed by atoms with E-state index in [4.69, 9.17) is 21.4 Å². The number of unbranched alkanes of at least 4 members (excludes halogenated alkanes) is 1. The van der Waals surface area contributed by atoms with Crippen LogP contribution in [0.2, 0.25) is 0 Å². The van der Waals surface area contributed by atoms with E-state index in [1.807, 2.05) is 6.92 Å². The fourth-order valence-corrected chi connectivity index (χ4v) is 2.50. The predicted molar refractivity (Wildman–Crippen MR) is 113 cm³/mol. The van der Waals surface area contributed by atoms with Crippen molar-refractivity contribution in [2.45, 2.75) is 26.2 Å². The normalized spacial score (nSPS) is 10.5. The number of methoxy groups -OCH3 is 1. The Hall–Kier alpha value is -3.13. The number of rotatable bonds is 8. The van der Waals surface area contributed by atoms with E-state index in [1.54, 1.807) is 30.3 Å². The number of amides is 2. The van der Waals surface area contributed by atoms with Gasteiger partial charge < -0.3 is 19.8 Å². The van der Waals surface area contributed by atoms with Crippen LogP contribution in [0.3, 0.4) is 0 Å². The number of nitrogens with one attached hydrogen (secondary N) is 3. The molecule has 1 heterocycles. The molecule has 7 nitrogen and oxygen atoms in total. The molecule has 0 aliphatic rings. The van der Waals surface area contributed by atoms with Crippen LogP contribution < -0.4 is 20.7 Å². The van der Waals surface area contributed by atoms with Crippen molar-refractivity contribution < 1.29 is 18.7 Å². The Morgan fingerprint density at radius 2 is 2.07 bits per heavy atom. The lowest BCUT2D eigenvalue weighted by molar-refractivity contribution is -0.116. The number of hydrogen-bond donors (Lipinski definition) is 3. The molecule has 8 heteroatoms. The molecule has 2 amide bonds. The first-order valence-electron chi connectivity index (χ1n) is 8.83. The summed E-state index contributed by atoms with van der Waals surface area (Å²) in [6.07, 6.45) is 6.62. The Morgan fingerprint density at radius 1 is 1.25 bits per heavy atom. The maximum Gasteiger partial charge on any atom is 0.250 e. The van der Waals surface area contributed by atoms with E-state index in [0.717, 1.165) is 12.8 Å². The third kappa shape index (κ3) is 6.88. The summed E-state index contributed by atoms with van der Waals surface area (Å²) in [5, 5.41) is 8.41. The molecule has 3 N–H and O–H groups in total. The Labute approximate surface area is 169 Å². The van der Waals surface area contributed by atoms with Gasteiger partial charge in [0.1, 0.15) is 11.5 Å². The summed E-state index contributed by atoms with van der Waals surface area (Å²) in [5.41, 5.74) is 1.19. The van der Waals surface area contributed by atoms with Gasteiger partial charge in [-0.2, -0.15) is 0 Å². The lowest BCUT2D eigenvalue weighted by Crippen LogP contribution is -2.32. The number of carbonyl (C=O) groups excluding carboxylic acids is 2. The van der Waals surface area contributed by atoms with Gasteiger partial charge in [-0.25, -0.2) is 0 Å². The van der Waals surface area contributed by atoms with Gasteiger partial charge in [0.25, 0.3) is 0 Å². The number of carbonyl (C=O) groups is 2. The van der Waals surface area contributed by atoms with Crippen molar-refractivity contribution in [1.29, 1.82) is 0 Å². The maximum atomic E-state index is 11.9. The molecule has 2 aromatic rings. The third-order valence-corrected chi connectivity index (χ3v) is 3.87. The average Bonchev–Trinajstić information content (AvgIpc) is 3.19. The second-order valence-electron chi connectivity index (χ2n) is 5.86. The summed E-state index contributed by atoms with van der Waals surface area (Å²) in [5.74, 6) is 0.602. The zero-order chi connectivity index (χ0) is 20.4. The molecule has 0 bridgehead atoms. The summed E-state index contributed by atoms with van der Waals surface area (Å²) in [6, 6.07) is 8.59. The van der Waals surface area contributed by atoms with Crippen LogP contribution in [-0.4, -0.2) is 24.0 Å². The quantitative estimate of drug-likeness (QED) is 0.458. The molecule has 0 saturated carbocycles. The Kier molecular flexibility index (Phi) is 8.23. The van der Waals surface area contributed by atoms with Crippen molar-refractivity contribution >= 4 is 46.6 Å². The van der Waals surface area contributed by atoms with Gasteiger partial charge in [0.15, 0.2) is 5.11 Å². The van der Waals surface area contributed by atoms with Gasteiger partial charge >= 0.3 is 0 Å². The fraction of sp³-hybridized carbons (Fsp3) is 0.250. The largest absolute Gasteiger partial charge is 0.494 e. The van der Waals surface area contributed by atoms with Gasteiger partial charge in [-0.15, -0.1) is 0 Å². The zero-order valence-electron chi connectivity index (χ0n) is 15.8. The molecule has 1 aromatic carbocycles. The van der Waals surface area contributed by atoms with Gasteiger partial charge in [-0.1, -0.05) is 13.3 Å². The Balaban J connectivity index is 1.93. The van der Waals surface area contributed by atoms with Crippen molar-refractivity contribution in [3.63, 3.8) is 0 Å². The van der Waals surface area contributed by atoms with Gasteiger partial charge in [0, 0.05) is 24.3 Å². The topological polar surface area (TPSA) is 92.6 Å². The SMILES string of the molecule is CCCCC(=O)Nc1ccc(NC(=S)NC(=O)C=Cc2ccco2)cc1OC. The molecule has 28 heavy (non-hydrogen) atoms. The molecule has 0 radical (unpaired) electrons. The molecular weight excluding hydrogens is 378 g/mol. The smallest absolute Gasteiger partial charge is 0.250 e. The number of anilines is 2. The van der Waals surface area contributed by atoms with Crippen molar-refractivity contribution in [3.8, 4) is 5.75 Å². The molecule has 0 aliphatic heterocycles. The molecule has 2 rings (SSSR count). The molecule has 0 saturated heterocycles. The Morgan fingerprint density at radius 3 is 2.75 bits per heavy atom. The highest BCUT2D eigenvalue weighted by atomic mass is 32.1. The standard InChI is InChI=1S/C20H23N3O4S/c1-3-4-7-18(24)22-16-10-8-14(13-17(16)26-2)21-20(28)23-19(25)11-9-15-6-5-12-27-15/h5-6,8-13H,3-4,7H2,1-2H3,(H,22,24)(H2,21,23,25,28). The third-order valence-electron chi connectivity index (χ3n) is 3.67. The number of furan rings is 1. The average molecular weight is 401 g/mol. The second kappa shape index (κ2) is 10.9. The summed E-state index contributed by atoms with van der Waals surface area (Å²) in [6.45, 7) is 2.03. The molecule has 0 aliphatic carbocycles. The first kappa shape index (κ1) is 21.2. The number of thiocarbonyl (C=S) groups is 1. The molecule has 0 fully saturated rings. The van der Waals surface area contributed by atoms with E-state index in [2.05, 4.69) is 16.0 Å². The molecule has 1 aromatic heterocycles. The van der Waals surface area contributed by atoms with Crippen LogP contribution in [0.5, 0.6) is 5.75 Å². The van der Waals surface area contributed by atoms with E-state index in [0.29, 0.717) is 29.3 Å². The van der Waals surface area contributed by atoms with Crippen LogP contribution in [0, 0.1) is 0 Å². The van der Waals surface area contributed by atoms with Crippen LogP contribution in [0.1, 0.15) is 31.9 Å². The molecule has 0 unspecified atom stereocenters. The summed E-state index contributed by atoms with van der Waals surface area (Å²) in [7, 11) is 1.51. The van der Waals surface area contributed by atoms with E-state index >= 15 is 0 Å². The van der Waals surface area contributed by atoms with Crippen molar-refractivity contribution in [1.82, 2.24) is 5.32 Å². The second-order valence-corrected chi connectivity index (χ2v) is 6.27. The van der Waals surface area contributed by atoms with Crippen LogP contribution in [0.25, 0.3) is 6.08 Å². The molecule has 0 atom stereocenters. The Bertz CT molecular complexity index is 847. The zero-order valence-corrected chi connectivity index (χ0v) is 16.6. The van der Waals surface area contributed by atoms with Crippen molar-refractivity contribution in [3.05, 3.63) is 48.4 Å². The van der Waals surface area contributed by atoms with Crippen LogP contribution in [0.4, 0.5) is 11.4 Å². The van der Waals surface area contributed by atoms with E-state index < -0.39 is 0 Å². The number of benzene rings is 1. The van der Waals surface area contributed by atoms with Crippen LogP contribution >= 0.6 is 12.2 Å². The minimum Gasteiger partial charge on any atom is -0.494 e. The first-order chi connectivity index (χ1) is 13.5. The lowest BCUT2D eigenvalue weighted by Gasteiger charge is -2.13. The number of hydrogen-bond acceptors (Lipinski definition) is 5. The van der Waals surface area contributed by atoms with E-state index in [1.165, 1.54) is 25.5 Å². The summed E-state index contributed by atoms with van der Waals surface area (Å²) in [4.78, 5) is 23.8. The van der Waals surface area contributed by atoms with Crippen molar-refractivity contribution in [2.75, 3.05) is 17.7 Å². The first-order valence-corrected chi connectivity index (χ1v) is 9.24. The van der Waals surface area contributed by atoms with Crippen LogP contribution in [-0.2, 0) is 9.59 Å². The minimum atomic E-state index is -0.388. The number of ether oxygens (including phenoxy) is 1. The predicted octanol–water partition coefficient (Wildman–Crippen LogP) is 3.94. The maximum absolute atomic E-state index is 11.9. The highest BCUT2D eigenvalue weighted by molar-refractivity contribution is 7.80. The highest BCUT2D eigenvalue weighted by Crippen LogP contribution is 2.28. The monoisotopic (exact) mass is 401 g/mol. The van der Waals surface area contributed by atoms with E-state index in [-0.39, 0.29) is 16.9 Å². The minimum absolute atomic E-state index is 0.0630. The lowest BCUT2D eigenvalue weighted by atomic mass is 10.2. The van der Waals surface area contributed by atoms with Crippen molar-refractivity contribution in [2.24, 2.45) is 0 Å². The van der Waals surface area contributed by atoms with Gasteiger partial charge in [0.05, 0.1) is 19.1 Å².